The summed E-state index contributed by atoms with van der Waals surface area (Å²) in [4.78, 5) is 21.5. The fourth-order valence-corrected chi connectivity index (χ4v) is 4.37. The number of methoxy groups -OCH3 is 1. The van der Waals surface area contributed by atoms with Gasteiger partial charge >= 0.3 is 0 Å². The molecule has 1 saturated carbocycles. The van der Waals surface area contributed by atoms with Crippen LogP contribution in [0.4, 0.5) is 0 Å². The van der Waals surface area contributed by atoms with E-state index < -0.39 is 0 Å². The van der Waals surface area contributed by atoms with E-state index in [1.165, 1.54) is 25.7 Å². The molecule has 168 valence electrons. The summed E-state index contributed by atoms with van der Waals surface area (Å²) in [5.41, 5.74) is 0.903. The molecule has 1 amide bonds. The number of hydrogen-bond acceptors (Lipinski definition) is 7. The summed E-state index contributed by atoms with van der Waals surface area (Å²) in [6.45, 7) is 4.64. The van der Waals surface area contributed by atoms with E-state index in [9.17, 15) is 4.79 Å². The zero-order valence-electron chi connectivity index (χ0n) is 18.4. The third-order valence-corrected chi connectivity index (χ3v) is 6.23. The van der Waals surface area contributed by atoms with Gasteiger partial charge in [0, 0.05) is 37.8 Å². The SMILES string of the molecule is COc1ccc(-c2noc(CN3CCN(CC(=O)NC4CCCCCC4)CC3)n2)cc1. The molecule has 2 fully saturated rings. The van der Waals surface area contributed by atoms with Gasteiger partial charge in [-0.3, -0.25) is 14.6 Å². The summed E-state index contributed by atoms with van der Waals surface area (Å²) in [6.07, 6.45) is 7.33. The first-order chi connectivity index (χ1) is 15.2. The Kier molecular flexibility index (Phi) is 7.53. The molecule has 1 aliphatic heterocycles. The molecule has 2 aromatic rings. The number of nitrogens with zero attached hydrogens (tertiary/aromatic N) is 4. The lowest BCUT2D eigenvalue weighted by Gasteiger charge is -2.33. The van der Waals surface area contributed by atoms with Gasteiger partial charge in [-0.25, -0.2) is 0 Å². The van der Waals surface area contributed by atoms with E-state index in [0.29, 0.717) is 30.8 Å². The molecule has 8 nitrogen and oxygen atoms in total. The normalized spacial score (nSPS) is 19.1. The molecule has 31 heavy (non-hydrogen) atoms. The molecule has 0 unspecified atom stereocenters. The largest absolute Gasteiger partial charge is 0.497 e. The van der Waals surface area contributed by atoms with Gasteiger partial charge in [-0.15, -0.1) is 0 Å². The molecule has 1 aromatic carbocycles. The number of amides is 1. The number of benzene rings is 1. The number of piperazine rings is 1. The van der Waals surface area contributed by atoms with Crippen LogP contribution in [0.25, 0.3) is 11.4 Å². The second-order valence-electron chi connectivity index (χ2n) is 8.55. The molecule has 1 N–H and O–H groups in total. The van der Waals surface area contributed by atoms with Crippen LogP contribution in [0, 0.1) is 0 Å². The van der Waals surface area contributed by atoms with Crippen molar-refractivity contribution in [1.29, 1.82) is 0 Å². The van der Waals surface area contributed by atoms with Crippen molar-refractivity contribution in [2.45, 2.75) is 51.1 Å². The molecular formula is C23H33N5O3. The van der Waals surface area contributed by atoms with Gasteiger partial charge in [0.05, 0.1) is 20.2 Å². The van der Waals surface area contributed by atoms with E-state index >= 15 is 0 Å². The number of rotatable bonds is 7. The highest BCUT2D eigenvalue weighted by Crippen LogP contribution is 2.20. The first-order valence-electron chi connectivity index (χ1n) is 11.4. The van der Waals surface area contributed by atoms with Crippen molar-refractivity contribution >= 4 is 5.91 Å². The highest BCUT2D eigenvalue weighted by Gasteiger charge is 2.22. The average molecular weight is 428 g/mol. The number of nitrogens with one attached hydrogen (secondary N) is 1. The monoisotopic (exact) mass is 427 g/mol. The Morgan fingerprint density at radius 3 is 2.42 bits per heavy atom. The minimum Gasteiger partial charge on any atom is -0.497 e. The maximum atomic E-state index is 12.4. The lowest BCUT2D eigenvalue weighted by atomic mass is 10.1. The third kappa shape index (κ3) is 6.27. The summed E-state index contributed by atoms with van der Waals surface area (Å²) in [5, 5.41) is 7.35. The van der Waals surface area contributed by atoms with Crippen LogP contribution in [0.2, 0.25) is 0 Å². The van der Waals surface area contributed by atoms with Crippen molar-refractivity contribution in [3.63, 3.8) is 0 Å². The Morgan fingerprint density at radius 2 is 1.74 bits per heavy atom. The number of carbonyl (C=O) groups excluding carboxylic acids is 1. The van der Waals surface area contributed by atoms with Crippen molar-refractivity contribution in [2.75, 3.05) is 39.8 Å². The standard InChI is InChI=1S/C23H33N5O3/c1-30-20-10-8-18(9-11-20)23-25-22(31-26-23)17-28-14-12-27(13-15-28)16-21(29)24-19-6-4-2-3-5-7-19/h8-11,19H,2-7,12-17H2,1H3,(H,24,29). The zero-order valence-corrected chi connectivity index (χ0v) is 18.4. The van der Waals surface area contributed by atoms with Crippen molar-refractivity contribution in [2.24, 2.45) is 0 Å². The Balaban J connectivity index is 1.20. The predicted octanol–water partition coefficient (Wildman–Crippen LogP) is 2.70. The maximum absolute atomic E-state index is 12.4. The molecule has 0 radical (unpaired) electrons. The van der Waals surface area contributed by atoms with Gasteiger partial charge in [0.1, 0.15) is 5.75 Å². The first-order valence-corrected chi connectivity index (χ1v) is 11.4. The highest BCUT2D eigenvalue weighted by molar-refractivity contribution is 5.78. The topological polar surface area (TPSA) is 83.7 Å². The van der Waals surface area contributed by atoms with E-state index in [-0.39, 0.29) is 5.91 Å². The molecule has 0 bridgehead atoms. The summed E-state index contributed by atoms with van der Waals surface area (Å²) in [6, 6.07) is 7.99. The molecule has 1 aromatic heterocycles. The molecule has 4 rings (SSSR count). The van der Waals surface area contributed by atoms with Crippen molar-refractivity contribution in [3.05, 3.63) is 30.2 Å². The molecular weight excluding hydrogens is 394 g/mol. The van der Waals surface area contributed by atoms with Gasteiger partial charge in [-0.1, -0.05) is 30.8 Å². The lowest BCUT2D eigenvalue weighted by Crippen LogP contribution is -2.50. The number of ether oxygens (including phenoxy) is 1. The number of aromatic nitrogens is 2. The maximum Gasteiger partial charge on any atom is 0.241 e. The summed E-state index contributed by atoms with van der Waals surface area (Å²) < 4.78 is 10.6. The van der Waals surface area contributed by atoms with Gasteiger partial charge < -0.3 is 14.6 Å². The minimum absolute atomic E-state index is 0.168. The van der Waals surface area contributed by atoms with E-state index in [1.807, 2.05) is 24.3 Å². The molecule has 8 heteroatoms. The van der Waals surface area contributed by atoms with E-state index in [1.54, 1.807) is 7.11 Å². The first kappa shape index (κ1) is 21.8. The summed E-state index contributed by atoms with van der Waals surface area (Å²) in [5.74, 6) is 2.17. The quantitative estimate of drug-likeness (QED) is 0.680. The van der Waals surface area contributed by atoms with E-state index in [0.717, 1.165) is 50.3 Å². The predicted molar refractivity (Wildman–Crippen MR) is 118 cm³/mol. The molecule has 0 spiro atoms. The van der Waals surface area contributed by atoms with Crippen LogP contribution in [0.5, 0.6) is 5.75 Å². The van der Waals surface area contributed by atoms with Crippen LogP contribution in [0.15, 0.2) is 28.8 Å². The van der Waals surface area contributed by atoms with Crippen molar-refractivity contribution < 1.29 is 14.1 Å². The van der Waals surface area contributed by atoms with Crippen LogP contribution < -0.4 is 10.1 Å². The molecule has 2 heterocycles. The smallest absolute Gasteiger partial charge is 0.241 e. The zero-order chi connectivity index (χ0) is 21.5. The summed E-state index contributed by atoms with van der Waals surface area (Å²) >= 11 is 0. The third-order valence-electron chi connectivity index (χ3n) is 6.23. The Labute approximate surface area is 183 Å². The fourth-order valence-electron chi connectivity index (χ4n) is 4.37. The van der Waals surface area contributed by atoms with Crippen LogP contribution in [0.3, 0.4) is 0 Å². The molecule has 2 aliphatic rings. The fraction of sp³-hybridized carbons (Fsp3) is 0.609. The van der Waals surface area contributed by atoms with Gasteiger partial charge in [-0.2, -0.15) is 4.98 Å². The second-order valence-corrected chi connectivity index (χ2v) is 8.55. The lowest BCUT2D eigenvalue weighted by molar-refractivity contribution is -0.123. The van der Waals surface area contributed by atoms with Gasteiger partial charge in [-0.05, 0) is 37.1 Å². The highest BCUT2D eigenvalue weighted by atomic mass is 16.5. The second kappa shape index (κ2) is 10.7. The molecule has 1 aliphatic carbocycles. The van der Waals surface area contributed by atoms with Gasteiger partial charge in [0.25, 0.3) is 0 Å². The van der Waals surface area contributed by atoms with Crippen molar-refractivity contribution in [1.82, 2.24) is 25.3 Å². The Bertz CT molecular complexity index is 822. The van der Waals surface area contributed by atoms with E-state index in [4.69, 9.17) is 9.26 Å². The Morgan fingerprint density at radius 1 is 1.06 bits per heavy atom. The van der Waals surface area contributed by atoms with Crippen LogP contribution in [0.1, 0.15) is 44.4 Å². The molecule has 0 atom stereocenters. The summed E-state index contributed by atoms with van der Waals surface area (Å²) in [7, 11) is 1.64. The van der Waals surface area contributed by atoms with Crippen LogP contribution in [-0.2, 0) is 11.3 Å². The average Bonchev–Trinajstić information content (AvgIpc) is 3.10. The number of carbonyl (C=O) groups is 1. The molecule has 1 saturated heterocycles. The Hall–Kier alpha value is -2.45. The van der Waals surface area contributed by atoms with Crippen LogP contribution in [-0.4, -0.2) is 71.7 Å². The van der Waals surface area contributed by atoms with Crippen molar-refractivity contribution in [3.8, 4) is 17.1 Å². The minimum atomic E-state index is 0.168. The van der Waals surface area contributed by atoms with Gasteiger partial charge in [0.15, 0.2) is 0 Å². The van der Waals surface area contributed by atoms with Crippen LogP contribution >= 0.6 is 0 Å². The number of hydrogen-bond donors (Lipinski definition) is 1. The van der Waals surface area contributed by atoms with E-state index in [2.05, 4.69) is 25.3 Å². The van der Waals surface area contributed by atoms with Gasteiger partial charge in [0.2, 0.25) is 17.6 Å².